The van der Waals surface area contributed by atoms with E-state index in [1.54, 1.807) is 0 Å². The zero-order valence-corrected chi connectivity index (χ0v) is 12.0. The van der Waals surface area contributed by atoms with Gasteiger partial charge in [-0.15, -0.1) is 0 Å². The SMILES string of the molecule is CCS(=O)(=O)c1ccc(C(C)(C)C(=O)O)cc1Cl. The molecule has 4 nitrogen and oxygen atoms in total. The van der Waals surface area contributed by atoms with E-state index < -0.39 is 21.2 Å². The Bertz CT molecular complexity index is 576. The van der Waals surface area contributed by atoms with Crippen LogP contribution in [0.2, 0.25) is 5.02 Å². The lowest BCUT2D eigenvalue weighted by atomic mass is 9.85. The first-order valence-corrected chi connectivity index (χ1v) is 7.42. The summed E-state index contributed by atoms with van der Waals surface area (Å²) in [6.45, 7) is 4.60. The molecule has 0 aliphatic rings. The predicted molar refractivity (Wildman–Crippen MR) is 69.8 cm³/mol. The van der Waals surface area contributed by atoms with Gasteiger partial charge in [0.05, 0.1) is 21.1 Å². The molecule has 100 valence electrons. The summed E-state index contributed by atoms with van der Waals surface area (Å²) in [5.74, 6) is -1.04. The van der Waals surface area contributed by atoms with E-state index >= 15 is 0 Å². The molecule has 0 saturated heterocycles. The van der Waals surface area contributed by atoms with Gasteiger partial charge in [0.1, 0.15) is 0 Å². The van der Waals surface area contributed by atoms with E-state index in [0.29, 0.717) is 5.56 Å². The Morgan fingerprint density at radius 3 is 2.33 bits per heavy atom. The molecular formula is C12H15ClO4S. The van der Waals surface area contributed by atoms with E-state index in [4.69, 9.17) is 16.7 Å². The Hall–Kier alpha value is -1.07. The van der Waals surface area contributed by atoms with Crippen LogP contribution < -0.4 is 0 Å². The second-order valence-corrected chi connectivity index (χ2v) is 7.13. The summed E-state index contributed by atoms with van der Waals surface area (Å²) >= 11 is 5.93. The van der Waals surface area contributed by atoms with Crippen LogP contribution in [-0.4, -0.2) is 25.2 Å². The molecule has 1 rings (SSSR count). The van der Waals surface area contributed by atoms with Gasteiger partial charge in [0.2, 0.25) is 0 Å². The van der Waals surface area contributed by atoms with Crippen molar-refractivity contribution in [3.63, 3.8) is 0 Å². The summed E-state index contributed by atoms with van der Waals surface area (Å²) in [7, 11) is -3.39. The van der Waals surface area contributed by atoms with Crippen LogP contribution in [0.3, 0.4) is 0 Å². The van der Waals surface area contributed by atoms with Crippen LogP contribution in [0.25, 0.3) is 0 Å². The van der Waals surface area contributed by atoms with Crippen LogP contribution in [0.15, 0.2) is 23.1 Å². The number of carboxylic acid groups (broad SMARTS) is 1. The van der Waals surface area contributed by atoms with Crippen LogP contribution in [0.1, 0.15) is 26.3 Å². The van der Waals surface area contributed by atoms with Crippen LogP contribution in [0.4, 0.5) is 0 Å². The maximum atomic E-state index is 11.7. The van der Waals surface area contributed by atoms with Gasteiger partial charge >= 0.3 is 5.97 Å². The average Bonchev–Trinajstić information content (AvgIpc) is 2.28. The van der Waals surface area contributed by atoms with Gasteiger partial charge in [-0.05, 0) is 31.5 Å². The highest BCUT2D eigenvalue weighted by molar-refractivity contribution is 7.91. The lowest BCUT2D eigenvalue weighted by Crippen LogP contribution is -2.28. The molecule has 0 fully saturated rings. The highest BCUT2D eigenvalue weighted by Gasteiger charge is 2.30. The van der Waals surface area contributed by atoms with Crippen LogP contribution in [0, 0.1) is 0 Å². The number of carbonyl (C=O) groups is 1. The molecule has 1 aromatic carbocycles. The zero-order chi connectivity index (χ0) is 14.1. The molecule has 0 saturated carbocycles. The van der Waals surface area contributed by atoms with Crippen LogP contribution >= 0.6 is 11.6 Å². The topological polar surface area (TPSA) is 71.4 Å². The van der Waals surface area contributed by atoms with Crippen molar-refractivity contribution in [2.45, 2.75) is 31.1 Å². The third-order valence-corrected chi connectivity index (χ3v) is 5.11. The molecule has 1 aromatic rings. The lowest BCUT2D eigenvalue weighted by molar-refractivity contribution is -0.142. The number of aliphatic carboxylic acids is 1. The fraction of sp³-hybridized carbons (Fsp3) is 0.417. The molecule has 0 heterocycles. The van der Waals surface area contributed by atoms with Crippen molar-refractivity contribution in [3.05, 3.63) is 28.8 Å². The molecule has 0 bridgehead atoms. The minimum Gasteiger partial charge on any atom is -0.481 e. The average molecular weight is 291 g/mol. The third kappa shape index (κ3) is 2.67. The molecule has 0 aromatic heterocycles. The Balaban J connectivity index is 3.36. The molecule has 18 heavy (non-hydrogen) atoms. The number of sulfone groups is 1. The Morgan fingerprint density at radius 1 is 1.39 bits per heavy atom. The summed E-state index contributed by atoms with van der Waals surface area (Å²) < 4.78 is 23.4. The summed E-state index contributed by atoms with van der Waals surface area (Å²) in [6.07, 6.45) is 0. The standard InChI is InChI=1S/C12H15ClO4S/c1-4-18(16,17)10-6-5-8(7-9(10)13)12(2,3)11(14)15/h5-7H,4H2,1-3H3,(H,14,15). The zero-order valence-electron chi connectivity index (χ0n) is 10.4. The van der Waals surface area contributed by atoms with E-state index in [1.807, 2.05) is 0 Å². The highest BCUT2D eigenvalue weighted by Crippen LogP contribution is 2.30. The van der Waals surface area contributed by atoms with Crippen molar-refractivity contribution in [2.24, 2.45) is 0 Å². The van der Waals surface area contributed by atoms with Gasteiger partial charge in [-0.1, -0.05) is 24.6 Å². The van der Waals surface area contributed by atoms with Gasteiger partial charge in [-0.3, -0.25) is 4.79 Å². The number of rotatable bonds is 4. The normalized spacial score (nSPS) is 12.4. The summed E-state index contributed by atoms with van der Waals surface area (Å²) in [5, 5.41) is 9.16. The smallest absolute Gasteiger partial charge is 0.313 e. The maximum absolute atomic E-state index is 11.7. The largest absolute Gasteiger partial charge is 0.481 e. The minimum absolute atomic E-state index is 0.0385. The number of halogens is 1. The summed E-state index contributed by atoms with van der Waals surface area (Å²) in [4.78, 5) is 11.1. The molecule has 0 radical (unpaired) electrons. The quantitative estimate of drug-likeness (QED) is 0.925. The van der Waals surface area contributed by atoms with Gasteiger partial charge in [-0.25, -0.2) is 8.42 Å². The number of hydrogen-bond donors (Lipinski definition) is 1. The van der Waals surface area contributed by atoms with E-state index in [1.165, 1.54) is 39.0 Å². The Labute approximate surface area is 112 Å². The molecular weight excluding hydrogens is 276 g/mol. The first-order valence-electron chi connectivity index (χ1n) is 5.39. The van der Waals surface area contributed by atoms with Crippen molar-refractivity contribution < 1.29 is 18.3 Å². The fourth-order valence-electron chi connectivity index (χ4n) is 1.42. The first-order chi connectivity index (χ1) is 8.13. The van der Waals surface area contributed by atoms with Crippen molar-refractivity contribution in [1.82, 2.24) is 0 Å². The van der Waals surface area contributed by atoms with Gasteiger partial charge in [0.25, 0.3) is 0 Å². The van der Waals surface area contributed by atoms with Crippen molar-refractivity contribution in [2.75, 3.05) is 5.75 Å². The van der Waals surface area contributed by atoms with Crippen molar-refractivity contribution >= 4 is 27.4 Å². The Morgan fingerprint density at radius 2 is 1.94 bits per heavy atom. The predicted octanol–water partition coefficient (Wildman–Crippen LogP) is 2.50. The molecule has 1 N–H and O–H groups in total. The second kappa shape index (κ2) is 4.90. The van der Waals surface area contributed by atoms with Crippen LogP contribution in [0.5, 0.6) is 0 Å². The Kier molecular flexibility index (Phi) is 4.08. The fourth-order valence-corrected chi connectivity index (χ4v) is 2.90. The number of benzene rings is 1. The number of carboxylic acids is 1. The maximum Gasteiger partial charge on any atom is 0.313 e. The molecule has 0 spiro atoms. The van der Waals surface area contributed by atoms with Gasteiger partial charge in [-0.2, -0.15) is 0 Å². The molecule has 0 aliphatic heterocycles. The summed E-state index contributed by atoms with van der Waals surface area (Å²) in [5.41, 5.74) is -0.645. The minimum atomic E-state index is -3.39. The van der Waals surface area contributed by atoms with E-state index in [-0.39, 0.29) is 15.7 Å². The summed E-state index contributed by atoms with van der Waals surface area (Å²) in [6, 6.07) is 4.25. The third-order valence-electron chi connectivity index (χ3n) is 2.90. The highest BCUT2D eigenvalue weighted by atomic mass is 35.5. The van der Waals surface area contributed by atoms with Crippen molar-refractivity contribution in [1.29, 1.82) is 0 Å². The van der Waals surface area contributed by atoms with E-state index in [2.05, 4.69) is 0 Å². The van der Waals surface area contributed by atoms with E-state index in [0.717, 1.165) is 0 Å². The molecule has 0 atom stereocenters. The molecule has 0 unspecified atom stereocenters. The first kappa shape index (κ1) is 15.0. The van der Waals surface area contributed by atoms with Crippen molar-refractivity contribution in [3.8, 4) is 0 Å². The lowest BCUT2D eigenvalue weighted by Gasteiger charge is -2.20. The van der Waals surface area contributed by atoms with Gasteiger partial charge in [0, 0.05) is 0 Å². The second-order valence-electron chi connectivity index (χ2n) is 4.48. The van der Waals surface area contributed by atoms with Crippen LogP contribution in [-0.2, 0) is 20.0 Å². The molecule has 0 amide bonds. The van der Waals surface area contributed by atoms with Gasteiger partial charge < -0.3 is 5.11 Å². The van der Waals surface area contributed by atoms with Gasteiger partial charge in [0.15, 0.2) is 9.84 Å². The monoisotopic (exact) mass is 290 g/mol. The molecule has 0 aliphatic carbocycles. The van der Waals surface area contributed by atoms with E-state index in [9.17, 15) is 13.2 Å². The number of hydrogen-bond acceptors (Lipinski definition) is 3. The molecule has 6 heteroatoms.